The topological polar surface area (TPSA) is 29.1 Å². The molecule has 2 rings (SSSR count). The number of nitrogens with one attached hydrogen (secondary N) is 1. The monoisotopic (exact) mass is 343 g/mol. The van der Waals surface area contributed by atoms with Gasteiger partial charge < -0.3 is 5.32 Å². The van der Waals surface area contributed by atoms with Gasteiger partial charge in [0.2, 0.25) is 0 Å². The average Bonchev–Trinajstić information content (AvgIpc) is 2.46. The number of amides is 1. The molecule has 0 saturated heterocycles. The Morgan fingerprint density at radius 1 is 1.21 bits per heavy atom. The van der Waals surface area contributed by atoms with Crippen molar-refractivity contribution < 1.29 is 4.79 Å². The third-order valence-electron chi connectivity index (χ3n) is 3.93. The summed E-state index contributed by atoms with van der Waals surface area (Å²) in [4.78, 5) is 12.1. The number of rotatable bonds is 4. The fraction of sp³-hybridized carbons (Fsp3) is 0.533. The lowest BCUT2D eigenvalue weighted by Gasteiger charge is -2.35. The summed E-state index contributed by atoms with van der Waals surface area (Å²) in [6.07, 6.45) is 5.98. The molecule has 1 aromatic rings. The normalized spacial score (nSPS) is 18.0. The molecule has 1 amide bonds. The summed E-state index contributed by atoms with van der Waals surface area (Å²) in [5, 5.41) is 3.04. The molecule has 104 valence electrons. The van der Waals surface area contributed by atoms with Crippen LogP contribution in [0, 0.1) is 5.41 Å². The molecule has 1 aliphatic rings. The Kier molecular flexibility index (Phi) is 5.28. The summed E-state index contributed by atoms with van der Waals surface area (Å²) in [5.74, 6) is 0.621. The minimum Gasteiger partial charge on any atom is -0.351 e. The third-order valence-corrected chi connectivity index (χ3v) is 5.02. The van der Waals surface area contributed by atoms with Gasteiger partial charge in [0.1, 0.15) is 0 Å². The summed E-state index contributed by atoms with van der Waals surface area (Å²) in [6.45, 7) is 0.686. The third kappa shape index (κ3) is 3.96. The van der Waals surface area contributed by atoms with Gasteiger partial charge in [-0.1, -0.05) is 35.2 Å². The van der Waals surface area contributed by atoms with Crippen molar-refractivity contribution in [3.8, 4) is 0 Å². The molecule has 0 atom stereocenters. The molecule has 19 heavy (non-hydrogen) atoms. The standard InChI is InChI=1S/C15H19BrClNO/c16-13-6-4-12(5-7-13)14(19)18-11-15(10-17)8-2-1-3-9-15/h4-7H,1-3,8-11H2,(H,18,19). The number of hydrogen-bond donors (Lipinski definition) is 1. The minimum atomic E-state index is -0.0115. The van der Waals surface area contributed by atoms with Crippen LogP contribution in [0.2, 0.25) is 0 Å². The lowest BCUT2D eigenvalue weighted by Crippen LogP contribution is -2.40. The highest BCUT2D eigenvalue weighted by Crippen LogP contribution is 2.36. The van der Waals surface area contributed by atoms with E-state index in [9.17, 15) is 4.79 Å². The van der Waals surface area contributed by atoms with Gasteiger partial charge in [-0.3, -0.25) is 4.79 Å². The van der Waals surface area contributed by atoms with Crippen molar-refractivity contribution in [2.45, 2.75) is 32.1 Å². The van der Waals surface area contributed by atoms with Crippen LogP contribution >= 0.6 is 27.5 Å². The van der Waals surface area contributed by atoms with E-state index in [1.54, 1.807) is 0 Å². The highest BCUT2D eigenvalue weighted by molar-refractivity contribution is 9.10. The Balaban J connectivity index is 1.93. The second kappa shape index (κ2) is 6.76. The van der Waals surface area contributed by atoms with Gasteiger partial charge in [0.15, 0.2) is 0 Å². The number of hydrogen-bond acceptors (Lipinski definition) is 1. The summed E-state index contributed by atoms with van der Waals surface area (Å²) in [7, 11) is 0. The van der Waals surface area contributed by atoms with Crippen molar-refractivity contribution in [2.75, 3.05) is 12.4 Å². The van der Waals surface area contributed by atoms with Gasteiger partial charge in [-0.15, -0.1) is 11.6 Å². The first-order chi connectivity index (χ1) is 9.15. The highest BCUT2D eigenvalue weighted by atomic mass is 79.9. The molecule has 0 bridgehead atoms. The van der Waals surface area contributed by atoms with Crippen LogP contribution in [0.5, 0.6) is 0 Å². The first kappa shape index (κ1) is 14.9. The number of benzene rings is 1. The van der Waals surface area contributed by atoms with Crippen LogP contribution in [-0.4, -0.2) is 18.3 Å². The first-order valence-corrected chi connectivity index (χ1v) is 8.08. The molecule has 4 heteroatoms. The number of halogens is 2. The molecule has 0 heterocycles. The molecule has 0 aromatic heterocycles. The molecule has 1 saturated carbocycles. The predicted octanol–water partition coefficient (Wildman–Crippen LogP) is 4.37. The van der Waals surface area contributed by atoms with Crippen molar-refractivity contribution in [3.05, 3.63) is 34.3 Å². The highest BCUT2D eigenvalue weighted by Gasteiger charge is 2.31. The zero-order valence-electron chi connectivity index (χ0n) is 10.9. The largest absolute Gasteiger partial charge is 0.351 e. The van der Waals surface area contributed by atoms with E-state index in [1.165, 1.54) is 19.3 Å². The summed E-state index contributed by atoms with van der Waals surface area (Å²) in [5.41, 5.74) is 0.800. The van der Waals surface area contributed by atoms with E-state index in [-0.39, 0.29) is 11.3 Å². The quantitative estimate of drug-likeness (QED) is 0.807. The number of carbonyl (C=O) groups is 1. The Hall–Kier alpha value is -0.540. The maximum atomic E-state index is 12.1. The fourth-order valence-electron chi connectivity index (χ4n) is 2.63. The Labute approximate surface area is 128 Å². The molecule has 1 aromatic carbocycles. The average molecular weight is 345 g/mol. The van der Waals surface area contributed by atoms with E-state index in [0.29, 0.717) is 18.0 Å². The van der Waals surface area contributed by atoms with Crippen LogP contribution in [0.15, 0.2) is 28.7 Å². The lowest BCUT2D eigenvalue weighted by atomic mass is 9.75. The maximum absolute atomic E-state index is 12.1. The molecule has 0 radical (unpaired) electrons. The van der Waals surface area contributed by atoms with Gasteiger partial charge in [-0.25, -0.2) is 0 Å². The summed E-state index contributed by atoms with van der Waals surface area (Å²) >= 11 is 9.50. The van der Waals surface area contributed by atoms with E-state index in [0.717, 1.165) is 17.3 Å². The second-order valence-electron chi connectivity index (χ2n) is 5.38. The van der Waals surface area contributed by atoms with Gasteiger partial charge in [0.25, 0.3) is 5.91 Å². The Bertz CT molecular complexity index is 426. The molecule has 2 nitrogen and oxygen atoms in total. The molecule has 0 unspecified atom stereocenters. The van der Waals surface area contributed by atoms with E-state index >= 15 is 0 Å². The van der Waals surface area contributed by atoms with Crippen LogP contribution < -0.4 is 5.32 Å². The van der Waals surface area contributed by atoms with Gasteiger partial charge in [0.05, 0.1) is 0 Å². The smallest absolute Gasteiger partial charge is 0.251 e. The molecular formula is C15H19BrClNO. The van der Waals surface area contributed by atoms with Crippen molar-refractivity contribution in [1.82, 2.24) is 5.32 Å². The van der Waals surface area contributed by atoms with Crippen LogP contribution in [0.3, 0.4) is 0 Å². The molecular weight excluding hydrogens is 326 g/mol. The number of carbonyl (C=O) groups excluding carboxylic acids is 1. The van der Waals surface area contributed by atoms with Gasteiger partial charge >= 0.3 is 0 Å². The van der Waals surface area contributed by atoms with Crippen molar-refractivity contribution in [3.63, 3.8) is 0 Å². The van der Waals surface area contributed by atoms with E-state index in [2.05, 4.69) is 21.2 Å². The van der Waals surface area contributed by atoms with Crippen molar-refractivity contribution >= 4 is 33.4 Å². The van der Waals surface area contributed by atoms with Crippen molar-refractivity contribution in [1.29, 1.82) is 0 Å². The van der Waals surface area contributed by atoms with Crippen LogP contribution in [-0.2, 0) is 0 Å². The molecule has 0 spiro atoms. The Morgan fingerprint density at radius 2 is 1.84 bits per heavy atom. The molecule has 1 aliphatic carbocycles. The van der Waals surface area contributed by atoms with Gasteiger partial charge in [-0.05, 0) is 37.1 Å². The molecule has 1 fully saturated rings. The zero-order chi connectivity index (χ0) is 13.7. The van der Waals surface area contributed by atoms with Gasteiger partial charge in [0, 0.05) is 27.9 Å². The maximum Gasteiger partial charge on any atom is 0.251 e. The first-order valence-electron chi connectivity index (χ1n) is 6.75. The number of alkyl halides is 1. The van der Waals surface area contributed by atoms with Gasteiger partial charge in [-0.2, -0.15) is 0 Å². The summed E-state index contributed by atoms with van der Waals surface area (Å²) < 4.78 is 0.980. The molecule has 1 N–H and O–H groups in total. The van der Waals surface area contributed by atoms with E-state index < -0.39 is 0 Å². The van der Waals surface area contributed by atoms with Crippen LogP contribution in [0.1, 0.15) is 42.5 Å². The zero-order valence-corrected chi connectivity index (χ0v) is 13.3. The van der Waals surface area contributed by atoms with Crippen LogP contribution in [0.25, 0.3) is 0 Å². The van der Waals surface area contributed by atoms with Crippen molar-refractivity contribution in [2.24, 2.45) is 5.41 Å². The fourth-order valence-corrected chi connectivity index (χ4v) is 3.26. The molecule has 0 aliphatic heterocycles. The second-order valence-corrected chi connectivity index (χ2v) is 6.57. The minimum absolute atomic E-state index is 0.0115. The van der Waals surface area contributed by atoms with Crippen LogP contribution in [0.4, 0.5) is 0 Å². The van der Waals surface area contributed by atoms with E-state index in [1.807, 2.05) is 24.3 Å². The van der Waals surface area contributed by atoms with E-state index in [4.69, 9.17) is 11.6 Å². The SMILES string of the molecule is O=C(NCC1(CCl)CCCCC1)c1ccc(Br)cc1. The summed E-state index contributed by atoms with van der Waals surface area (Å²) in [6, 6.07) is 7.42. The lowest BCUT2D eigenvalue weighted by molar-refractivity contribution is 0.0921. The predicted molar refractivity (Wildman–Crippen MR) is 82.7 cm³/mol. The Morgan fingerprint density at radius 3 is 2.42 bits per heavy atom.